The summed E-state index contributed by atoms with van der Waals surface area (Å²) >= 11 is 6.29. The Hall–Kier alpha value is -1.81. The van der Waals surface area contributed by atoms with Crippen molar-refractivity contribution in [1.82, 2.24) is 9.78 Å². The van der Waals surface area contributed by atoms with Crippen molar-refractivity contribution in [2.24, 2.45) is 5.92 Å². The molecular formula is C16H19ClN2O2. The number of ether oxygens (including phenoxy) is 1. The van der Waals surface area contributed by atoms with Gasteiger partial charge >= 0.3 is 0 Å². The Labute approximate surface area is 129 Å². The molecule has 0 aliphatic carbocycles. The van der Waals surface area contributed by atoms with E-state index in [4.69, 9.17) is 16.3 Å². The van der Waals surface area contributed by atoms with Crippen molar-refractivity contribution in [1.29, 1.82) is 0 Å². The summed E-state index contributed by atoms with van der Waals surface area (Å²) in [7, 11) is 0. The van der Waals surface area contributed by atoms with Crippen molar-refractivity contribution in [3.63, 3.8) is 0 Å². The number of benzene rings is 1. The molecule has 0 saturated carbocycles. The van der Waals surface area contributed by atoms with Gasteiger partial charge in [-0.2, -0.15) is 5.10 Å². The van der Waals surface area contributed by atoms with Crippen molar-refractivity contribution < 1.29 is 9.53 Å². The molecule has 2 rings (SSSR count). The summed E-state index contributed by atoms with van der Waals surface area (Å²) in [5.74, 6) is 1.20. The zero-order valence-corrected chi connectivity index (χ0v) is 13.2. The van der Waals surface area contributed by atoms with Gasteiger partial charge in [-0.25, -0.2) is 4.68 Å². The molecule has 0 spiro atoms. The van der Waals surface area contributed by atoms with Gasteiger partial charge < -0.3 is 4.74 Å². The Morgan fingerprint density at radius 2 is 2.00 bits per heavy atom. The molecule has 112 valence electrons. The van der Waals surface area contributed by atoms with Gasteiger partial charge in [0.2, 0.25) is 0 Å². The molecule has 0 unspecified atom stereocenters. The highest BCUT2D eigenvalue weighted by Gasteiger charge is 2.17. The van der Waals surface area contributed by atoms with Crippen LogP contribution in [0, 0.1) is 5.92 Å². The van der Waals surface area contributed by atoms with Crippen LogP contribution in [0.15, 0.2) is 24.3 Å². The van der Waals surface area contributed by atoms with Gasteiger partial charge in [0, 0.05) is 0 Å². The van der Waals surface area contributed by atoms with Gasteiger partial charge in [-0.3, -0.25) is 4.79 Å². The largest absolute Gasteiger partial charge is 0.494 e. The second-order valence-electron chi connectivity index (χ2n) is 5.21. The molecule has 0 atom stereocenters. The summed E-state index contributed by atoms with van der Waals surface area (Å²) in [4.78, 5) is 11.3. The molecule has 4 nitrogen and oxygen atoms in total. The number of hydrogen-bond donors (Lipinski definition) is 0. The maximum Gasteiger partial charge on any atom is 0.155 e. The summed E-state index contributed by atoms with van der Waals surface area (Å²) < 4.78 is 7.01. The number of hydrogen-bond acceptors (Lipinski definition) is 3. The summed E-state index contributed by atoms with van der Waals surface area (Å²) in [6.45, 7) is 6.72. The standard InChI is InChI=1S/C16H19ClN2O2/c1-4-21-13-7-5-12(6-8-13)19-16(17)14(10-20)15(18-19)9-11(2)3/h5-8,10-11H,4,9H2,1-3H3. The molecule has 0 bridgehead atoms. The van der Waals surface area contributed by atoms with E-state index in [9.17, 15) is 4.79 Å². The molecule has 2 aromatic rings. The molecule has 5 heteroatoms. The van der Waals surface area contributed by atoms with Crippen LogP contribution in [-0.2, 0) is 6.42 Å². The molecular weight excluding hydrogens is 288 g/mol. The molecule has 0 fully saturated rings. The first kappa shape index (κ1) is 15.6. The molecule has 1 aromatic carbocycles. The van der Waals surface area contributed by atoms with Crippen LogP contribution in [0.4, 0.5) is 0 Å². The van der Waals surface area contributed by atoms with Gasteiger partial charge in [-0.15, -0.1) is 0 Å². The van der Waals surface area contributed by atoms with Gasteiger partial charge in [-0.05, 0) is 43.5 Å². The molecule has 0 radical (unpaired) electrons. The third-order valence-electron chi connectivity index (χ3n) is 3.05. The number of aromatic nitrogens is 2. The summed E-state index contributed by atoms with van der Waals surface area (Å²) in [6, 6.07) is 7.47. The lowest BCUT2D eigenvalue weighted by Gasteiger charge is -2.06. The number of halogens is 1. The smallest absolute Gasteiger partial charge is 0.155 e. The SMILES string of the molecule is CCOc1ccc(-n2nc(CC(C)C)c(C=O)c2Cl)cc1. The van der Waals surface area contributed by atoms with E-state index in [1.54, 1.807) is 4.68 Å². The average molecular weight is 307 g/mol. The fourth-order valence-corrected chi connectivity index (χ4v) is 2.42. The van der Waals surface area contributed by atoms with Crippen LogP contribution in [0.3, 0.4) is 0 Å². The van der Waals surface area contributed by atoms with Crippen molar-refractivity contribution in [3.8, 4) is 11.4 Å². The Balaban J connectivity index is 2.39. The van der Waals surface area contributed by atoms with Crippen LogP contribution in [0.1, 0.15) is 36.8 Å². The predicted molar refractivity (Wildman–Crippen MR) is 83.7 cm³/mol. The second-order valence-corrected chi connectivity index (χ2v) is 5.56. The highest BCUT2D eigenvalue weighted by atomic mass is 35.5. The van der Waals surface area contributed by atoms with Gasteiger partial charge in [-0.1, -0.05) is 25.4 Å². The highest BCUT2D eigenvalue weighted by Crippen LogP contribution is 2.25. The Morgan fingerprint density at radius 3 is 2.52 bits per heavy atom. The average Bonchev–Trinajstić information content (AvgIpc) is 2.75. The zero-order valence-electron chi connectivity index (χ0n) is 12.5. The van der Waals surface area contributed by atoms with Gasteiger partial charge in [0.15, 0.2) is 6.29 Å². The molecule has 0 amide bonds. The first-order valence-electron chi connectivity index (χ1n) is 7.02. The van der Waals surface area contributed by atoms with E-state index < -0.39 is 0 Å². The predicted octanol–water partition coefficient (Wildman–Crippen LogP) is 3.94. The van der Waals surface area contributed by atoms with E-state index in [0.29, 0.717) is 23.2 Å². The molecule has 21 heavy (non-hydrogen) atoms. The van der Waals surface area contributed by atoms with Gasteiger partial charge in [0.05, 0.1) is 23.6 Å². The molecule has 0 aliphatic heterocycles. The molecule has 1 aromatic heterocycles. The first-order chi connectivity index (χ1) is 10.1. The van der Waals surface area contributed by atoms with Crippen LogP contribution in [0.5, 0.6) is 5.75 Å². The molecule has 0 N–H and O–H groups in total. The van der Waals surface area contributed by atoms with Crippen LogP contribution in [0.2, 0.25) is 5.15 Å². The Morgan fingerprint density at radius 1 is 1.33 bits per heavy atom. The van der Waals surface area contributed by atoms with Crippen molar-refractivity contribution >= 4 is 17.9 Å². The number of carbonyl (C=O) groups is 1. The van der Waals surface area contributed by atoms with E-state index in [1.807, 2.05) is 31.2 Å². The minimum absolute atomic E-state index is 0.352. The van der Waals surface area contributed by atoms with E-state index in [2.05, 4.69) is 18.9 Å². The minimum Gasteiger partial charge on any atom is -0.494 e. The number of nitrogens with zero attached hydrogens (tertiary/aromatic N) is 2. The number of rotatable bonds is 6. The van der Waals surface area contributed by atoms with E-state index in [0.717, 1.165) is 29.8 Å². The maximum absolute atomic E-state index is 11.3. The van der Waals surface area contributed by atoms with Crippen LogP contribution < -0.4 is 4.74 Å². The summed E-state index contributed by atoms with van der Waals surface area (Å²) in [5.41, 5.74) is 2.01. The third-order valence-corrected chi connectivity index (χ3v) is 3.42. The topological polar surface area (TPSA) is 44.1 Å². The van der Waals surface area contributed by atoms with Crippen LogP contribution >= 0.6 is 11.6 Å². The van der Waals surface area contributed by atoms with Gasteiger partial charge in [0.25, 0.3) is 0 Å². The van der Waals surface area contributed by atoms with E-state index >= 15 is 0 Å². The molecule has 0 saturated heterocycles. The van der Waals surface area contributed by atoms with Crippen LogP contribution in [0.25, 0.3) is 5.69 Å². The summed E-state index contributed by atoms with van der Waals surface area (Å²) in [6.07, 6.45) is 1.50. The maximum atomic E-state index is 11.3. The van der Waals surface area contributed by atoms with Crippen molar-refractivity contribution in [2.45, 2.75) is 27.2 Å². The van der Waals surface area contributed by atoms with E-state index in [1.165, 1.54) is 0 Å². The molecule has 1 heterocycles. The fraction of sp³-hybridized carbons (Fsp3) is 0.375. The van der Waals surface area contributed by atoms with Crippen molar-refractivity contribution in [3.05, 3.63) is 40.7 Å². The lowest BCUT2D eigenvalue weighted by molar-refractivity contribution is 0.112. The first-order valence-corrected chi connectivity index (χ1v) is 7.40. The normalized spacial score (nSPS) is 10.9. The zero-order chi connectivity index (χ0) is 15.4. The highest BCUT2D eigenvalue weighted by molar-refractivity contribution is 6.32. The summed E-state index contributed by atoms with van der Waals surface area (Å²) in [5, 5.41) is 4.83. The third kappa shape index (κ3) is 3.45. The van der Waals surface area contributed by atoms with Gasteiger partial charge in [0.1, 0.15) is 10.9 Å². The Bertz CT molecular complexity index is 618. The van der Waals surface area contributed by atoms with E-state index in [-0.39, 0.29) is 0 Å². The minimum atomic E-state index is 0.352. The Kier molecular flexibility index (Phi) is 5.02. The lowest BCUT2D eigenvalue weighted by atomic mass is 10.1. The van der Waals surface area contributed by atoms with Crippen LogP contribution in [-0.4, -0.2) is 22.7 Å². The monoisotopic (exact) mass is 306 g/mol. The number of carbonyl (C=O) groups excluding carboxylic acids is 1. The van der Waals surface area contributed by atoms with Crippen molar-refractivity contribution in [2.75, 3.05) is 6.61 Å². The number of aldehydes is 1. The second kappa shape index (κ2) is 6.76. The molecule has 0 aliphatic rings. The lowest BCUT2D eigenvalue weighted by Crippen LogP contribution is -2.00. The fourth-order valence-electron chi connectivity index (χ4n) is 2.13. The quantitative estimate of drug-likeness (QED) is 0.759.